The minimum absolute atomic E-state index is 0.0212. The van der Waals surface area contributed by atoms with E-state index in [2.05, 4.69) is 10.6 Å². The zero-order chi connectivity index (χ0) is 20.1. The molecule has 142 valence electrons. The molecule has 2 aromatic carbocycles. The number of nitrogens with zero attached hydrogens (tertiary/aromatic N) is 1. The lowest BCUT2D eigenvalue weighted by Crippen LogP contribution is -2.30. The predicted octanol–water partition coefficient (Wildman–Crippen LogP) is 4.02. The third-order valence-electron chi connectivity index (χ3n) is 3.80. The van der Waals surface area contributed by atoms with E-state index in [1.807, 2.05) is 20.1 Å². The Kier molecular flexibility index (Phi) is 6.57. The maximum atomic E-state index is 12.6. The van der Waals surface area contributed by atoms with Crippen LogP contribution in [0.25, 0.3) is 0 Å². The topological polar surface area (TPSA) is 101 Å². The van der Waals surface area contributed by atoms with E-state index in [-0.39, 0.29) is 23.2 Å². The van der Waals surface area contributed by atoms with Crippen LogP contribution < -0.4 is 10.6 Å². The first-order valence-electron chi connectivity index (χ1n) is 8.28. The van der Waals surface area contributed by atoms with E-state index >= 15 is 0 Å². The third kappa shape index (κ3) is 5.07. The Morgan fingerprint density at radius 3 is 2.37 bits per heavy atom. The summed E-state index contributed by atoms with van der Waals surface area (Å²) >= 11 is 1.39. The molecule has 8 heteroatoms. The Hall–Kier alpha value is -2.87. The van der Waals surface area contributed by atoms with Crippen LogP contribution in [0.5, 0.6) is 0 Å². The summed E-state index contributed by atoms with van der Waals surface area (Å²) in [6.07, 6.45) is 1.82. The van der Waals surface area contributed by atoms with Gasteiger partial charge in [-0.2, -0.15) is 0 Å². The van der Waals surface area contributed by atoms with Gasteiger partial charge in [-0.1, -0.05) is 6.07 Å². The number of carbonyl (C=O) groups excluding carboxylic acids is 2. The first-order chi connectivity index (χ1) is 12.7. The second-order valence-electron chi connectivity index (χ2n) is 6.25. The number of aryl methyl sites for hydroxylation is 1. The predicted molar refractivity (Wildman–Crippen MR) is 107 cm³/mol. The van der Waals surface area contributed by atoms with Crippen LogP contribution >= 0.6 is 11.8 Å². The molecule has 0 heterocycles. The lowest BCUT2D eigenvalue weighted by atomic mass is 10.1. The van der Waals surface area contributed by atoms with Gasteiger partial charge in [0.05, 0.1) is 4.92 Å². The molecule has 0 unspecified atom stereocenters. The van der Waals surface area contributed by atoms with Crippen molar-refractivity contribution in [3.05, 3.63) is 63.2 Å². The van der Waals surface area contributed by atoms with Crippen molar-refractivity contribution in [2.75, 3.05) is 11.6 Å². The van der Waals surface area contributed by atoms with Gasteiger partial charge in [0.25, 0.3) is 17.5 Å². The molecule has 7 nitrogen and oxygen atoms in total. The molecule has 0 aliphatic heterocycles. The maximum absolute atomic E-state index is 12.6. The highest BCUT2D eigenvalue weighted by molar-refractivity contribution is 7.98. The lowest BCUT2D eigenvalue weighted by Gasteiger charge is -2.13. The molecule has 2 amide bonds. The minimum atomic E-state index is -0.600. The first-order valence-corrected chi connectivity index (χ1v) is 9.50. The van der Waals surface area contributed by atoms with E-state index in [0.717, 1.165) is 10.5 Å². The smallest absolute Gasteiger partial charge is 0.282 e. The zero-order valence-corrected chi connectivity index (χ0v) is 16.3. The van der Waals surface area contributed by atoms with Crippen LogP contribution in [0.3, 0.4) is 0 Å². The van der Waals surface area contributed by atoms with Crippen LogP contribution in [-0.4, -0.2) is 29.0 Å². The number of anilines is 1. The molecule has 2 rings (SSSR count). The number of carbonyl (C=O) groups is 2. The van der Waals surface area contributed by atoms with Gasteiger partial charge >= 0.3 is 0 Å². The van der Waals surface area contributed by atoms with Crippen molar-refractivity contribution in [3.63, 3.8) is 0 Å². The van der Waals surface area contributed by atoms with Crippen molar-refractivity contribution in [2.24, 2.45) is 0 Å². The molecule has 2 N–H and O–H groups in total. The van der Waals surface area contributed by atoms with Crippen molar-refractivity contribution >= 4 is 35.0 Å². The van der Waals surface area contributed by atoms with Gasteiger partial charge in [-0.15, -0.1) is 11.8 Å². The second kappa shape index (κ2) is 8.68. The fourth-order valence-electron chi connectivity index (χ4n) is 2.47. The highest BCUT2D eigenvalue weighted by atomic mass is 32.2. The Morgan fingerprint density at radius 1 is 1.07 bits per heavy atom. The molecule has 2 aromatic rings. The molecule has 0 bridgehead atoms. The molecule has 0 atom stereocenters. The fourth-order valence-corrected chi connectivity index (χ4v) is 2.91. The number of thioether (sulfide) groups is 1. The molecule has 0 fully saturated rings. The minimum Gasteiger partial charge on any atom is -0.350 e. The van der Waals surface area contributed by atoms with Crippen molar-refractivity contribution in [1.82, 2.24) is 5.32 Å². The Bertz CT molecular complexity index is 897. The van der Waals surface area contributed by atoms with Crippen molar-refractivity contribution in [3.8, 4) is 0 Å². The van der Waals surface area contributed by atoms with Crippen LogP contribution in [0.15, 0.2) is 41.3 Å². The van der Waals surface area contributed by atoms with E-state index in [1.54, 1.807) is 31.2 Å². The fraction of sp³-hybridized carbons (Fsp3) is 0.263. The van der Waals surface area contributed by atoms with Gasteiger partial charge in [-0.05, 0) is 56.9 Å². The van der Waals surface area contributed by atoms with Crippen molar-refractivity contribution < 1.29 is 14.5 Å². The van der Waals surface area contributed by atoms with Gasteiger partial charge in [0.15, 0.2) is 0 Å². The Labute approximate surface area is 161 Å². The second-order valence-corrected chi connectivity index (χ2v) is 7.13. The van der Waals surface area contributed by atoms with E-state index in [9.17, 15) is 19.7 Å². The molecule has 0 aromatic heterocycles. The van der Waals surface area contributed by atoms with Gasteiger partial charge in [-0.25, -0.2) is 0 Å². The SMILES string of the molecule is CSc1ccc([N+](=O)[O-])c(C(=O)Nc2ccc(C)c(C(=O)NC(C)C)c2)c1. The Balaban J connectivity index is 2.33. The number of hydrogen-bond acceptors (Lipinski definition) is 5. The van der Waals surface area contributed by atoms with E-state index < -0.39 is 10.8 Å². The average molecular weight is 387 g/mol. The van der Waals surface area contributed by atoms with Crippen LogP contribution in [0, 0.1) is 17.0 Å². The molecular weight excluding hydrogens is 366 g/mol. The van der Waals surface area contributed by atoms with Crippen LogP contribution in [0.2, 0.25) is 0 Å². The number of nitrogens with one attached hydrogen (secondary N) is 2. The largest absolute Gasteiger partial charge is 0.350 e. The average Bonchev–Trinajstić information content (AvgIpc) is 2.61. The summed E-state index contributed by atoms with van der Waals surface area (Å²) in [7, 11) is 0. The highest BCUT2D eigenvalue weighted by Crippen LogP contribution is 2.26. The first kappa shape index (κ1) is 20.4. The van der Waals surface area contributed by atoms with Crippen LogP contribution in [-0.2, 0) is 0 Å². The van der Waals surface area contributed by atoms with Gasteiger partial charge in [0.2, 0.25) is 0 Å². The standard InChI is InChI=1S/C19H21N3O4S/c1-11(2)20-18(23)15-9-13(6-5-12(15)3)21-19(24)16-10-14(27-4)7-8-17(16)22(25)26/h5-11H,1-4H3,(H,20,23)(H,21,24). The molecule has 27 heavy (non-hydrogen) atoms. The van der Waals surface area contributed by atoms with Gasteiger partial charge in [0.1, 0.15) is 5.56 Å². The van der Waals surface area contributed by atoms with Crippen LogP contribution in [0.4, 0.5) is 11.4 Å². The van der Waals surface area contributed by atoms with Gasteiger partial charge < -0.3 is 10.6 Å². The number of nitro groups is 1. The summed E-state index contributed by atoms with van der Waals surface area (Å²) in [5.74, 6) is -0.842. The molecule has 0 saturated carbocycles. The molecule has 0 saturated heterocycles. The molecule has 0 aliphatic carbocycles. The summed E-state index contributed by atoms with van der Waals surface area (Å²) in [6.45, 7) is 5.51. The van der Waals surface area contributed by atoms with Gasteiger partial charge in [0, 0.05) is 28.3 Å². The molecule has 0 radical (unpaired) electrons. The van der Waals surface area contributed by atoms with Gasteiger partial charge in [-0.3, -0.25) is 19.7 Å². The number of amides is 2. The zero-order valence-electron chi connectivity index (χ0n) is 15.5. The summed E-state index contributed by atoms with van der Waals surface area (Å²) < 4.78 is 0. The summed E-state index contributed by atoms with van der Waals surface area (Å²) in [5.41, 5.74) is 1.30. The van der Waals surface area contributed by atoms with Crippen molar-refractivity contribution in [1.29, 1.82) is 0 Å². The van der Waals surface area contributed by atoms with Crippen LogP contribution in [0.1, 0.15) is 40.1 Å². The molecular formula is C19H21N3O4S. The molecule has 0 aliphatic rings. The lowest BCUT2D eigenvalue weighted by molar-refractivity contribution is -0.385. The number of nitro benzene ring substituents is 1. The quantitative estimate of drug-likeness (QED) is 0.443. The van der Waals surface area contributed by atoms with E-state index in [1.165, 1.54) is 23.9 Å². The maximum Gasteiger partial charge on any atom is 0.282 e. The molecule has 0 spiro atoms. The monoisotopic (exact) mass is 387 g/mol. The van der Waals surface area contributed by atoms with Crippen molar-refractivity contribution in [2.45, 2.75) is 31.7 Å². The summed E-state index contributed by atoms with van der Waals surface area (Å²) in [5, 5.41) is 16.7. The Morgan fingerprint density at radius 2 is 1.78 bits per heavy atom. The third-order valence-corrected chi connectivity index (χ3v) is 4.53. The van der Waals surface area contributed by atoms with E-state index in [4.69, 9.17) is 0 Å². The number of hydrogen-bond donors (Lipinski definition) is 2. The summed E-state index contributed by atoms with van der Waals surface area (Å²) in [6, 6.07) is 9.32. The summed E-state index contributed by atoms with van der Waals surface area (Å²) in [4.78, 5) is 36.3. The van der Waals surface area contributed by atoms with E-state index in [0.29, 0.717) is 11.3 Å². The normalized spacial score (nSPS) is 10.6. The number of benzene rings is 2. The number of rotatable bonds is 6. The highest BCUT2D eigenvalue weighted by Gasteiger charge is 2.21.